The summed E-state index contributed by atoms with van der Waals surface area (Å²) in [5, 5.41) is 3.80. The van der Waals surface area contributed by atoms with Crippen molar-refractivity contribution in [1.82, 2.24) is 0 Å². The van der Waals surface area contributed by atoms with Crippen molar-refractivity contribution < 1.29 is 9.47 Å². The standard InChI is InChI=1S/C6H4O2S/c1-2-8-6-4-9-3-5(6)7-1/h1-4H. The zero-order valence-corrected chi connectivity index (χ0v) is 5.35. The highest BCUT2D eigenvalue weighted by molar-refractivity contribution is 7.08. The summed E-state index contributed by atoms with van der Waals surface area (Å²) in [6.07, 6.45) is 3.05. The largest absolute Gasteiger partial charge is 0.457 e. The Morgan fingerprint density at radius 1 is 1.00 bits per heavy atom. The zero-order chi connectivity index (χ0) is 6.10. The van der Waals surface area contributed by atoms with Gasteiger partial charge in [-0.1, -0.05) is 0 Å². The number of hydrogen-bond acceptors (Lipinski definition) is 3. The molecule has 0 fully saturated rings. The Morgan fingerprint density at radius 2 is 1.56 bits per heavy atom. The molecule has 2 nitrogen and oxygen atoms in total. The van der Waals surface area contributed by atoms with E-state index in [0.717, 1.165) is 11.5 Å². The van der Waals surface area contributed by atoms with Gasteiger partial charge in [0.05, 0.1) is 0 Å². The van der Waals surface area contributed by atoms with Crippen molar-refractivity contribution in [2.75, 3.05) is 0 Å². The van der Waals surface area contributed by atoms with Crippen LogP contribution in [0.3, 0.4) is 0 Å². The van der Waals surface area contributed by atoms with Gasteiger partial charge < -0.3 is 9.47 Å². The van der Waals surface area contributed by atoms with Crippen LogP contribution in [0, 0.1) is 0 Å². The van der Waals surface area contributed by atoms with Crippen molar-refractivity contribution in [2.24, 2.45) is 0 Å². The van der Waals surface area contributed by atoms with Gasteiger partial charge in [0.1, 0.15) is 12.5 Å². The summed E-state index contributed by atoms with van der Waals surface area (Å²) in [6.45, 7) is 0. The van der Waals surface area contributed by atoms with Crippen LogP contribution in [0.5, 0.6) is 11.5 Å². The molecule has 1 aromatic heterocycles. The molecule has 3 heteroatoms. The Bertz CT molecular complexity index is 216. The second-order valence-electron chi connectivity index (χ2n) is 1.61. The quantitative estimate of drug-likeness (QED) is 0.548. The Balaban J connectivity index is 2.46. The van der Waals surface area contributed by atoms with Crippen LogP contribution in [0.15, 0.2) is 23.3 Å². The zero-order valence-electron chi connectivity index (χ0n) is 4.53. The van der Waals surface area contributed by atoms with Gasteiger partial charge in [0.25, 0.3) is 0 Å². The Morgan fingerprint density at radius 3 is 2.11 bits per heavy atom. The summed E-state index contributed by atoms with van der Waals surface area (Å²) < 4.78 is 10.1. The first-order valence-electron chi connectivity index (χ1n) is 2.51. The SMILES string of the molecule is C1=COc2cscc2O1. The van der Waals surface area contributed by atoms with E-state index >= 15 is 0 Å². The molecule has 0 amide bonds. The molecular weight excluding hydrogens is 136 g/mol. The molecule has 0 unspecified atom stereocenters. The second-order valence-corrected chi connectivity index (χ2v) is 2.35. The van der Waals surface area contributed by atoms with E-state index in [0.29, 0.717) is 0 Å². The average molecular weight is 140 g/mol. The number of thiophene rings is 1. The summed E-state index contributed by atoms with van der Waals surface area (Å²) in [5.74, 6) is 1.62. The predicted octanol–water partition coefficient (Wildman–Crippen LogP) is 1.99. The molecular formula is C6H4O2S. The van der Waals surface area contributed by atoms with E-state index in [1.165, 1.54) is 12.5 Å². The molecule has 1 aliphatic heterocycles. The highest BCUT2D eigenvalue weighted by Gasteiger charge is 2.06. The smallest absolute Gasteiger partial charge is 0.179 e. The van der Waals surface area contributed by atoms with E-state index in [-0.39, 0.29) is 0 Å². The lowest BCUT2D eigenvalue weighted by Crippen LogP contribution is -1.91. The normalized spacial score (nSPS) is 13.8. The molecule has 1 aliphatic rings. The van der Waals surface area contributed by atoms with Gasteiger partial charge in [0.2, 0.25) is 0 Å². The van der Waals surface area contributed by atoms with E-state index in [4.69, 9.17) is 9.47 Å². The lowest BCUT2D eigenvalue weighted by Gasteiger charge is -2.05. The van der Waals surface area contributed by atoms with E-state index in [2.05, 4.69) is 0 Å². The maximum Gasteiger partial charge on any atom is 0.179 e. The molecule has 0 saturated carbocycles. The van der Waals surface area contributed by atoms with Crippen LogP contribution < -0.4 is 9.47 Å². The van der Waals surface area contributed by atoms with Gasteiger partial charge in [-0.05, 0) is 0 Å². The van der Waals surface area contributed by atoms with Gasteiger partial charge in [-0.3, -0.25) is 0 Å². The summed E-state index contributed by atoms with van der Waals surface area (Å²) >= 11 is 1.57. The average Bonchev–Trinajstić information content (AvgIpc) is 2.33. The fourth-order valence-corrected chi connectivity index (χ4v) is 1.31. The second kappa shape index (κ2) is 1.77. The van der Waals surface area contributed by atoms with Crippen molar-refractivity contribution in [3.8, 4) is 11.5 Å². The van der Waals surface area contributed by atoms with Crippen LogP contribution in [0.4, 0.5) is 0 Å². The van der Waals surface area contributed by atoms with Crippen molar-refractivity contribution >= 4 is 11.3 Å². The van der Waals surface area contributed by atoms with Gasteiger partial charge in [0, 0.05) is 10.8 Å². The maximum atomic E-state index is 5.07. The van der Waals surface area contributed by atoms with Gasteiger partial charge >= 0.3 is 0 Å². The molecule has 0 radical (unpaired) electrons. The Kier molecular flexibility index (Phi) is 0.960. The van der Waals surface area contributed by atoms with Crippen LogP contribution in [-0.4, -0.2) is 0 Å². The van der Waals surface area contributed by atoms with Gasteiger partial charge in [-0.2, -0.15) is 0 Å². The topological polar surface area (TPSA) is 18.5 Å². The van der Waals surface area contributed by atoms with E-state index in [1.807, 2.05) is 10.8 Å². The number of rotatable bonds is 0. The van der Waals surface area contributed by atoms with Crippen molar-refractivity contribution in [2.45, 2.75) is 0 Å². The molecule has 0 N–H and O–H groups in total. The minimum absolute atomic E-state index is 0.808. The molecule has 0 saturated heterocycles. The molecule has 2 rings (SSSR count). The number of hydrogen-bond donors (Lipinski definition) is 0. The molecule has 9 heavy (non-hydrogen) atoms. The van der Waals surface area contributed by atoms with E-state index in [1.54, 1.807) is 11.3 Å². The fourth-order valence-electron chi connectivity index (χ4n) is 0.648. The summed E-state index contributed by atoms with van der Waals surface area (Å²) in [7, 11) is 0. The predicted molar refractivity (Wildman–Crippen MR) is 34.7 cm³/mol. The summed E-state index contributed by atoms with van der Waals surface area (Å²) in [6, 6.07) is 0. The lowest BCUT2D eigenvalue weighted by atomic mass is 10.5. The summed E-state index contributed by atoms with van der Waals surface area (Å²) in [4.78, 5) is 0. The van der Waals surface area contributed by atoms with Crippen LogP contribution >= 0.6 is 11.3 Å². The molecule has 0 spiro atoms. The maximum absolute atomic E-state index is 5.07. The highest BCUT2D eigenvalue weighted by Crippen LogP contribution is 2.33. The van der Waals surface area contributed by atoms with Gasteiger partial charge in [-0.25, -0.2) is 0 Å². The third kappa shape index (κ3) is 0.695. The van der Waals surface area contributed by atoms with Crippen LogP contribution in [0.25, 0.3) is 0 Å². The molecule has 0 aromatic carbocycles. The first kappa shape index (κ1) is 4.88. The number of fused-ring (bicyclic) bond motifs is 1. The molecule has 2 heterocycles. The molecule has 0 atom stereocenters. The third-order valence-electron chi connectivity index (χ3n) is 1.04. The van der Waals surface area contributed by atoms with Gasteiger partial charge in [0.15, 0.2) is 11.5 Å². The fraction of sp³-hybridized carbons (Fsp3) is 0. The van der Waals surface area contributed by atoms with E-state index in [9.17, 15) is 0 Å². The van der Waals surface area contributed by atoms with Crippen molar-refractivity contribution in [3.05, 3.63) is 23.3 Å². The van der Waals surface area contributed by atoms with Crippen LogP contribution in [-0.2, 0) is 0 Å². The van der Waals surface area contributed by atoms with Crippen LogP contribution in [0.1, 0.15) is 0 Å². The molecule has 46 valence electrons. The highest BCUT2D eigenvalue weighted by atomic mass is 32.1. The molecule has 1 aromatic rings. The van der Waals surface area contributed by atoms with Crippen molar-refractivity contribution in [1.29, 1.82) is 0 Å². The lowest BCUT2D eigenvalue weighted by molar-refractivity contribution is 0.365. The van der Waals surface area contributed by atoms with Crippen molar-refractivity contribution in [3.63, 3.8) is 0 Å². The monoisotopic (exact) mass is 140 g/mol. The Labute approximate surface area is 56.3 Å². The van der Waals surface area contributed by atoms with Crippen LogP contribution in [0.2, 0.25) is 0 Å². The third-order valence-corrected chi connectivity index (χ3v) is 1.74. The van der Waals surface area contributed by atoms with E-state index < -0.39 is 0 Å². The molecule has 0 aliphatic carbocycles. The minimum atomic E-state index is 0.808. The first-order chi connectivity index (χ1) is 4.47. The molecule has 0 bridgehead atoms. The van der Waals surface area contributed by atoms with Gasteiger partial charge in [-0.15, -0.1) is 11.3 Å². The summed E-state index contributed by atoms with van der Waals surface area (Å²) in [5.41, 5.74) is 0. The minimum Gasteiger partial charge on any atom is -0.457 e. The Hall–Kier alpha value is -0.960. The first-order valence-corrected chi connectivity index (χ1v) is 3.45. The number of ether oxygens (including phenoxy) is 2.